The molecule has 1 aliphatic heterocycles. The number of esters is 1. The molecule has 136 valence electrons. The van der Waals surface area contributed by atoms with Crippen LogP contribution in [0.5, 0.6) is 0 Å². The molecule has 2 atom stereocenters. The van der Waals surface area contributed by atoms with Gasteiger partial charge >= 0.3 is 35.5 Å². The van der Waals surface area contributed by atoms with Crippen molar-refractivity contribution in [2.45, 2.75) is 53.9 Å². The van der Waals surface area contributed by atoms with Crippen LogP contribution in [0.3, 0.4) is 0 Å². The topological polar surface area (TPSA) is 108 Å². The Hall–Kier alpha value is -1.18. The number of rotatable bonds is 6. The SMILES string of the molecule is C=C(C)C(=O)OCC.CCCC(C)C1(CC)C(=O)N=C([O-])NC1=O.[Na+]. The first-order valence-electron chi connectivity index (χ1n) is 8.11. The molecular formula is C17H27N2NaO5. The molecule has 2 amide bonds. The number of ether oxygens (including phenoxy) is 1. The van der Waals surface area contributed by atoms with Crippen molar-refractivity contribution in [3.8, 4) is 0 Å². The molecule has 0 aromatic rings. The summed E-state index contributed by atoms with van der Waals surface area (Å²) in [5.74, 6) is -1.51. The summed E-state index contributed by atoms with van der Waals surface area (Å²) in [4.78, 5) is 37.5. The number of aliphatic imine (C=N–C) groups is 1. The number of nitrogens with zero attached hydrogens (tertiary/aromatic N) is 1. The van der Waals surface area contributed by atoms with Gasteiger partial charge in [-0.1, -0.05) is 33.8 Å². The Balaban J connectivity index is 0. The molecule has 25 heavy (non-hydrogen) atoms. The summed E-state index contributed by atoms with van der Waals surface area (Å²) < 4.78 is 4.56. The summed E-state index contributed by atoms with van der Waals surface area (Å²) in [6.45, 7) is 12.8. The van der Waals surface area contributed by atoms with Crippen LogP contribution >= 0.6 is 0 Å². The Morgan fingerprint density at radius 1 is 1.36 bits per heavy atom. The van der Waals surface area contributed by atoms with E-state index in [4.69, 9.17) is 0 Å². The van der Waals surface area contributed by atoms with Gasteiger partial charge in [-0.3, -0.25) is 9.59 Å². The van der Waals surface area contributed by atoms with Gasteiger partial charge in [-0.25, -0.2) is 9.79 Å². The summed E-state index contributed by atoms with van der Waals surface area (Å²) in [7, 11) is 0. The molecule has 0 saturated carbocycles. The van der Waals surface area contributed by atoms with E-state index in [2.05, 4.69) is 21.6 Å². The number of hydrogen-bond donors (Lipinski definition) is 1. The first-order chi connectivity index (χ1) is 11.2. The first kappa shape index (κ1) is 26.1. The average molecular weight is 362 g/mol. The van der Waals surface area contributed by atoms with Gasteiger partial charge in [0.1, 0.15) is 5.41 Å². The predicted molar refractivity (Wildman–Crippen MR) is 88.8 cm³/mol. The third kappa shape index (κ3) is 6.92. The summed E-state index contributed by atoms with van der Waals surface area (Å²) in [6.07, 6.45) is 2.02. The molecule has 0 aromatic carbocycles. The summed E-state index contributed by atoms with van der Waals surface area (Å²) in [5, 5.41) is 13.1. The van der Waals surface area contributed by atoms with Gasteiger partial charge in [0.25, 0.3) is 5.91 Å². The molecule has 1 N–H and O–H groups in total. The van der Waals surface area contributed by atoms with Crippen molar-refractivity contribution in [3.63, 3.8) is 0 Å². The van der Waals surface area contributed by atoms with Crippen molar-refractivity contribution >= 4 is 23.8 Å². The first-order valence-corrected chi connectivity index (χ1v) is 8.11. The van der Waals surface area contributed by atoms with E-state index in [0.29, 0.717) is 18.6 Å². The number of amides is 2. The molecule has 1 rings (SSSR count). The van der Waals surface area contributed by atoms with Crippen LogP contribution in [-0.4, -0.2) is 30.4 Å². The smallest absolute Gasteiger partial charge is 0.846 e. The van der Waals surface area contributed by atoms with Crippen LogP contribution in [-0.2, 0) is 19.1 Å². The fourth-order valence-corrected chi connectivity index (χ4v) is 2.55. The minimum Gasteiger partial charge on any atom is -0.846 e. The van der Waals surface area contributed by atoms with Crippen LogP contribution in [0.15, 0.2) is 17.1 Å². The largest absolute Gasteiger partial charge is 1.00 e. The van der Waals surface area contributed by atoms with E-state index in [0.717, 1.165) is 12.8 Å². The van der Waals surface area contributed by atoms with Crippen LogP contribution in [0, 0.1) is 11.3 Å². The van der Waals surface area contributed by atoms with Gasteiger partial charge in [0.15, 0.2) is 0 Å². The molecule has 0 saturated heterocycles. The van der Waals surface area contributed by atoms with E-state index >= 15 is 0 Å². The van der Waals surface area contributed by atoms with Crippen molar-refractivity contribution < 1.29 is 53.8 Å². The van der Waals surface area contributed by atoms with Crippen molar-refractivity contribution in [2.75, 3.05) is 6.61 Å². The van der Waals surface area contributed by atoms with Crippen molar-refractivity contribution in [3.05, 3.63) is 12.2 Å². The zero-order valence-corrected chi connectivity index (χ0v) is 18.1. The van der Waals surface area contributed by atoms with Crippen molar-refractivity contribution in [2.24, 2.45) is 16.3 Å². The van der Waals surface area contributed by atoms with Crippen molar-refractivity contribution in [1.29, 1.82) is 0 Å². The van der Waals surface area contributed by atoms with Gasteiger partial charge < -0.3 is 15.2 Å². The molecule has 1 heterocycles. The fraction of sp³-hybridized carbons (Fsp3) is 0.647. The Kier molecular flexibility index (Phi) is 12.7. The minimum absolute atomic E-state index is 0. The molecule has 0 spiro atoms. The number of carbonyl (C=O) groups excluding carboxylic acids is 3. The Bertz CT molecular complexity index is 533. The van der Waals surface area contributed by atoms with Crippen LogP contribution in [0.1, 0.15) is 53.9 Å². The second-order valence-electron chi connectivity index (χ2n) is 5.69. The van der Waals surface area contributed by atoms with Gasteiger partial charge in [-0.15, -0.1) is 0 Å². The van der Waals surface area contributed by atoms with Gasteiger partial charge in [0, 0.05) is 5.57 Å². The number of amidine groups is 1. The Labute approximate surface area is 171 Å². The molecular weight excluding hydrogens is 335 g/mol. The zero-order chi connectivity index (χ0) is 18.9. The predicted octanol–water partition coefficient (Wildman–Crippen LogP) is -1.68. The average Bonchev–Trinajstić information content (AvgIpc) is 2.48. The number of carbonyl (C=O) groups is 3. The van der Waals surface area contributed by atoms with E-state index in [9.17, 15) is 19.5 Å². The second-order valence-corrected chi connectivity index (χ2v) is 5.69. The molecule has 8 heteroatoms. The maximum Gasteiger partial charge on any atom is 1.00 e. The van der Waals surface area contributed by atoms with Crippen molar-refractivity contribution in [1.82, 2.24) is 5.32 Å². The van der Waals surface area contributed by atoms with Crippen LogP contribution in [0.25, 0.3) is 0 Å². The van der Waals surface area contributed by atoms with Gasteiger partial charge in [-0.05, 0) is 32.6 Å². The molecule has 2 unspecified atom stereocenters. The van der Waals surface area contributed by atoms with E-state index in [1.807, 2.05) is 13.8 Å². The Morgan fingerprint density at radius 3 is 2.24 bits per heavy atom. The third-order valence-electron chi connectivity index (χ3n) is 3.95. The maximum atomic E-state index is 11.9. The molecule has 0 fully saturated rings. The number of hydrogen-bond acceptors (Lipinski definition) is 5. The standard InChI is InChI=1S/C11H18N2O3.C6H10O2.Na/c1-4-6-7(3)11(5-2)8(14)12-10(16)13-9(11)15;1-4-8-6(7)5(2)3;/h7H,4-6H2,1-3H3,(H2,12,13,14,15,16);2,4H2,1,3H3;/q;;+1/p-1. The molecule has 7 nitrogen and oxygen atoms in total. The summed E-state index contributed by atoms with van der Waals surface area (Å²) >= 11 is 0. The van der Waals surface area contributed by atoms with Crippen LogP contribution in [0.2, 0.25) is 0 Å². The number of nitrogens with one attached hydrogen (secondary N) is 1. The van der Waals surface area contributed by atoms with Gasteiger partial charge in [0.05, 0.1) is 12.6 Å². The molecule has 0 bridgehead atoms. The van der Waals surface area contributed by atoms with E-state index in [1.54, 1.807) is 20.8 Å². The molecule has 0 aromatic heterocycles. The van der Waals surface area contributed by atoms with E-state index < -0.39 is 23.3 Å². The van der Waals surface area contributed by atoms with E-state index in [1.165, 1.54) is 0 Å². The second kappa shape index (κ2) is 12.2. The monoisotopic (exact) mass is 362 g/mol. The molecule has 1 aliphatic rings. The maximum absolute atomic E-state index is 11.9. The van der Waals surface area contributed by atoms with Crippen LogP contribution < -0.4 is 40.0 Å². The minimum atomic E-state index is -1.15. The van der Waals surface area contributed by atoms with Crippen LogP contribution in [0.4, 0.5) is 0 Å². The summed E-state index contributed by atoms with van der Waals surface area (Å²) in [6, 6.07) is -0.845. The van der Waals surface area contributed by atoms with Gasteiger partial charge in [-0.2, -0.15) is 0 Å². The fourth-order valence-electron chi connectivity index (χ4n) is 2.55. The quantitative estimate of drug-likeness (QED) is 0.263. The molecule has 0 radical (unpaired) electrons. The summed E-state index contributed by atoms with van der Waals surface area (Å²) in [5.41, 5.74) is -0.698. The van der Waals surface area contributed by atoms with Gasteiger partial charge in [0.2, 0.25) is 5.91 Å². The Morgan fingerprint density at radius 2 is 1.92 bits per heavy atom. The zero-order valence-electron chi connectivity index (χ0n) is 16.1. The van der Waals surface area contributed by atoms with E-state index in [-0.39, 0.29) is 41.4 Å². The normalized spacial score (nSPS) is 20.1. The third-order valence-corrected chi connectivity index (χ3v) is 3.95. The molecule has 0 aliphatic carbocycles.